The standard InChI is InChI=1S/C26H21ClFN3O3/c27-24-13-20(31(33)34)8-9-22(24)26(32)29-11-10-18(15-29)23-16-30(25-7-2-1-6-21(23)25)14-17-4-3-5-19(28)12-17/h1-9,12-13,16,18H,10-11,14-15H2. The molecule has 1 aliphatic heterocycles. The summed E-state index contributed by atoms with van der Waals surface area (Å²) in [5.41, 5.74) is 3.21. The van der Waals surface area contributed by atoms with E-state index in [-0.39, 0.29) is 33.9 Å². The van der Waals surface area contributed by atoms with Gasteiger partial charge in [0.25, 0.3) is 11.6 Å². The number of non-ortho nitro benzene ring substituents is 1. The van der Waals surface area contributed by atoms with Crippen LogP contribution in [0.25, 0.3) is 10.9 Å². The zero-order valence-electron chi connectivity index (χ0n) is 18.2. The second-order valence-corrected chi connectivity index (χ2v) is 8.92. The molecule has 34 heavy (non-hydrogen) atoms. The molecule has 0 radical (unpaired) electrons. The van der Waals surface area contributed by atoms with E-state index < -0.39 is 4.92 Å². The van der Waals surface area contributed by atoms with E-state index in [1.54, 1.807) is 17.0 Å². The number of hydrogen-bond acceptors (Lipinski definition) is 3. The molecule has 2 heterocycles. The summed E-state index contributed by atoms with van der Waals surface area (Å²) in [6.07, 6.45) is 2.90. The summed E-state index contributed by atoms with van der Waals surface area (Å²) in [4.78, 5) is 25.3. The third-order valence-electron chi connectivity index (χ3n) is 6.37. The molecule has 3 aromatic carbocycles. The topological polar surface area (TPSA) is 68.4 Å². The first-order chi connectivity index (χ1) is 16.4. The molecule has 6 nitrogen and oxygen atoms in total. The van der Waals surface area contributed by atoms with Gasteiger partial charge >= 0.3 is 0 Å². The maximum absolute atomic E-state index is 13.7. The molecule has 1 aromatic heterocycles. The number of hydrogen-bond donors (Lipinski definition) is 0. The van der Waals surface area contributed by atoms with Gasteiger partial charge in [0, 0.05) is 54.8 Å². The fourth-order valence-electron chi connectivity index (χ4n) is 4.72. The zero-order valence-corrected chi connectivity index (χ0v) is 18.9. The molecule has 172 valence electrons. The molecule has 5 rings (SSSR count). The zero-order chi connectivity index (χ0) is 23.8. The lowest BCUT2D eigenvalue weighted by atomic mass is 9.98. The van der Waals surface area contributed by atoms with Gasteiger partial charge in [-0.2, -0.15) is 0 Å². The van der Waals surface area contributed by atoms with E-state index in [4.69, 9.17) is 11.6 Å². The van der Waals surface area contributed by atoms with Crippen LogP contribution in [0.3, 0.4) is 0 Å². The number of carbonyl (C=O) groups excluding carboxylic acids is 1. The van der Waals surface area contributed by atoms with E-state index in [1.165, 1.54) is 24.3 Å². The molecule has 0 spiro atoms. The predicted octanol–water partition coefficient (Wildman–Crippen LogP) is 6.02. The maximum atomic E-state index is 13.7. The van der Waals surface area contributed by atoms with Gasteiger partial charge in [-0.3, -0.25) is 14.9 Å². The Morgan fingerprint density at radius 2 is 1.94 bits per heavy atom. The summed E-state index contributed by atoms with van der Waals surface area (Å²) < 4.78 is 15.8. The Bertz CT molecular complexity index is 1420. The van der Waals surface area contributed by atoms with Crippen molar-refractivity contribution in [2.24, 2.45) is 0 Å². The molecule has 1 aliphatic rings. The van der Waals surface area contributed by atoms with Gasteiger partial charge in [-0.25, -0.2) is 4.39 Å². The first-order valence-corrected chi connectivity index (χ1v) is 11.3. The fourth-order valence-corrected chi connectivity index (χ4v) is 4.98. The summed E-state index contributed by atoms with van der Waals surface area (Å²) in [6.45, 7) is 1.65. The Labute approximate surface area is 200 Å². The average Bonchev–Trinajstić information content (AvgIpc) is 3.44. The highest BCUT2D eigenvalue weighted by atomic mass is 35.5. The molecule has 1 fully saturated rings. The Kier molecular flexibility index (Phi) is 5.79. The number of aromatic nitrogens is 1. The van der Waals surface area contributed by atoms with E-state index in [9.17, 15) is 19.3 Å². The number of nitro benzene ring substituents is 1. The van der Waals surface area contributed by atoms with Crippen molar-refractivity contribution in [1.82, 2.24) is 9.47 Å². The van der Waals surface area contributed by atoms with Crippen molar-refractivity contribution >= 4 is 34.1 Å². The number of fused-ring (bicyclic) bond motifs is 1. The Hall–Kier alpha value is -3.71. The van der Waals surface area contributed by atoms with Crippen LogP contribution in [0.4, 0.5) is 10.1 Å². The van der Waals surface area contributed by atoms with E-state index in [0.29, 0.717) is 19.6 Å². The van der Waals surface area contributed by atoms with Crippen molar-refractivity contribution in [3.8, 4) is 0 Å². The van der Waals surface area contributed by atoms with Crippen molar-refractivity contribution in [3.63, 3.8) is 0 Å². The van der Waals surface area contributed by atoms with Gasteiger partial charge in [0.15, 0.2) is 0 Å². The van der Waals surface area contributed by atoms with Crippen LogP contribution in [0, 0.1) is 15.9 Å². The Balaban J connectivity index is 1.40. The van der Waals surface area contributed by atoms with Gasteiger partial charge in [-0.1, -0.05) is 41.9 Å². The van der Waals surface area contributed by atoms with Gasteiger partial charge in [0.2, 0.25) is 0 Å². The lowest BCUT2D eigenvalue weighted by Gasteiger charge is -2.17. The first kappa shape index (κ1) is 22.1. The van der Waals surface area contributed by atoms with Gasteiger partial charge in [0.1, 0.15) is 5.82 Å². The van der Waals surface area contributed by atoms with Gasteiger partial charge in [-0.15, -0.1) is 0 Å². The lowest BCUT2D eigenvalue weighted by molar-refractivity contribution is -0.384. The number of amides is 1. The largest absolute Gasteiger partial charge is 0.343 e. The molecule has 0 bridgehead atoms. The molecular weight excluding hydrogens is 457 g/mol. The van der Waals surface area contributed by atoms with Crippen molar-refractivity contribution in [2.75, 3.05) is 13.1 Å². The smallest absolute Gasteiger partial charge is 0.270 e. The third-order valence-corrected chi connectivity index (χ3v) is 6.68. The number of para-hydroxylation sites is 1. The summed E-state index contributed by atoms with van der Waals surface area (Å²) in [5.74, 6) is -0.352. The minimum absolute atomic E-state index is 0.0781. The molecule has 1 saturated heterocycles. The number of likely N-dealkylation sites (tertiary alicyclic amines) is 1. The Morgan fingerprint density at radius 1 is 1.12 bits per heavy atom. The van der Waals surface area contributed by atoms with Crippen LogP contribution in [-0.4, -0.2) is 33.4 Å². The minimum Gasteiger partial charge on any atom is -0.343 e. The Morgan fingerprint density at radius 3 is 2.71 bits per heavy atom. The summed E-state index contributed by atoms with van der Waals surface area (Å²) in [5, 5.41) is 12.2. The SMILES string of the molecule is O=C(c1ccc([N+](=O)[O-])cc1Cl)N1CCC(c2cn(Cc3cccc(F)c3)c3ccccc23)C1. The molecule has 0 saturated carbocycles. The second kappa shape index (κ2) is 8.91. The van der Waals surface area contributed by atoms with Gasteiger partial charge < -0.3 is 9.47 Å². The number of halogens is 2. The molecule has 0 N–H and O–H groups in total. The molecule has 1 atom stereocenters. The van der Waals surface area contributed by atoms with Crippen LogP contribution in [0.15, 0.2) is 72.9 Å². The van der Waals surface area contributed by atoms with Crippen molar-refractivity contribution < 1.29 is 14.1 Å². The normalized spacial score (nSPS) is 15.7. The van der Waals surface area contributed by atoms with Crippen LogP contribution in [0.1, 0.15) is 33.8 Å². The minimum atomic E-state index is -0.536. The molecule has 4 aromatic rings. The molecule has 0 aliphatic carbocycles. The van der Waals surface area contributed by atoms with Gasteiger partial charge in [0.05, 0.1) is 15.5 Å². The first-order valence-electron chi connectivity index (χ1n) is 11.0. The highest BCUT2D eigenvalue weighted by Crippen LogP contribution is 2.35. The maximum Gasteiger partial charge on any atom is 0.270 e. The number of nitro groups is 1. The highest BCUT2D eigenvalue weighted by molar-refractivity contribution is 6.34. The number of nitrogens with zero attached hydrogens (tertiary/aromatic N) is 3. The monoisotopic (exact) mass is 477 g/mol. The number of carbonyl (C=O) groups is 1. The van der Waals surface area contributed by atoms with Crippen LogP contribution in [0.5, 0.6) is 0 Å². The number of rotatable bonds is 5. The van der Waals surface area contributed by atoms with Crippen LogP contribution in [0.2, 0.25) is 5.02 Å². The van der Waals surface area contributed by atoms with E-state index in [2.05, 4.69) is 16.8 Å². The van der Waals surface area contributed by atoms with E-state index >= 15 is 0 Å². The van der Waals surface area contributed by atoms with Crippen LogP contribution in [-0.2, 0) is 6.54 Å². The quantitative estimate of drug-likeness (QED) is 0.261. The van der Waals surface area contributed by atoms with Crippen molar-refractivity contribution in [3.05, 3.63) is 111 Å². The van der Waals surface area contributed by atoms with E-state index in [1.807, 2.05) is 24.3 Å². The van der Waals surface area contributed by atoms with Crippen LogP contribution >= 0.6 is 11.6 Å². The lowest BCUT2D eigenvalue weighted by Crippen LogP contribution is -2.28. The van der Waals surface area contributed by atoms with Crippen molar-refractivity contribution in [1.29, 1.82) is 0 Å². The number of benzene rings is 3. The second-order valence-electron chi connectivity index (χ2n) is 8.52. The van der Waals surface area contributed by atoms with Crippen molar-refractivity contribution in [2.45, 2.75) is 18.9 Å². The molecular formula is C26H21ClFN3O3. The average molecular weight is 478 g/mol. The molecule has 1 unspecified atom stereocenters. The summed E-state index contributed by atoms with van der Waals surface area (Å²) >= 11 is 6.19. The van der Waals surface area contributed by atoms with E-state index in [0.717, 1.165) is 28.5 Å². The summed E-state index contributed by atoms with van der Waals surface area (Å²) in [7, 11) is 0. The fraction of sp³-hybridized carbons (Fsp3) is 0.192. The predicted molar refractivity (Wildman–Crippen MR) is 129 cm³/mol. The summed E-state index contributed by atoms with van der Waals surface area (Å²) in [6, 6.07) is 18.6. The third kappa shape index (κ3) is 4.15. The molecule has 1 amide bonds. The molecule has 8 heteroatoms. The highest BCUT2D eigenvalue weighted by Gasteiger charge is 2.31. The van der Waals surface area contributed by atoms with Crippen LogP contribution < -0.4 is 0 Å². The van der Waals surface area contributed by atoms with Gasteiger partial charge in [-0.05, 0) is 41.8 Å².